The van der Waals surface area contributed by atoms with Gasteiger partial charge < -0.3 is 10.2 Å². The van der Waals surface area contributed by atoms with Gasteiger partial charge in [0.05, 0.1) is 12.5 Å². The third kappa shape index (κ3) is 6.09. The van der Waals surface area contributed by atoms with E-state index in [0.29, 0.717) is 43.4 Å². The van der Waals surface area contributed by atoms with Crippen LogP contribution in [0, 0.1) is 0 Å². The molecule has 1 aliphatic heterocycles. The lowest BCUT2D eigenvalue weighted by Gasteiger charge is -2.32. The number of aromatic nitrogens is 3. The first-order valence-electron chi connectivity index (χ1n) is 12.8. The summed E-state index contributed by atoms with van der Waals surface area (Å²) in [6.45, 7) is 1.73. The number of carbonyl (C=O) groups excluding carboxylic acids is 2. The second-order valence-electron chi connectivity index (χ2n) is 9.66. The largest absolute Gasteiger partial charge is 0.369 e. The van der Waals surface area contributed by atoms with Crippen molar-refractivity contribution < 1.29 is 18.0 Å². The molecule has 0 spiro atoms. The summed E-state index contributed by atoms with van der Waals surface area (Å²) in [5.74, 6) is -0.195. The van der Waals surface area contributed by atoms with Gasteiger partial charge in [0.15, 0.2) is 5.65 Å². The molecule has 39 heavy (non-hydrogen) atoms. The van der Waals surface area contributed by atoms with E-state index in [9.17, 15) is 18.0 Å². The fourth-order valence-electron chi connectivity index (χ4n) is 4.92. The highest BCUT2D eigenvalue weighted by atomic mass is 32.2. The Morgan fingerprint density at radius 1 is 0.949 bits per heavy atom. The topological polar surface area (TPSA) is 126 Å². The van der Waals surface area contributed by atoms with Crippen LogP contribution in [0.3, 0.4) is 0 Å². The van der Waals surface area contributed by atoms with E-state index >= 15 is 0 Å². The molecule has 2 amide bonds. The number of hydrogen-bond donors (Lipinski definition) is 2. The van der Waals surface area contributed by atoms with Gasteiger partial charge in [-0.3, -0.25) is 9.59 Å². The number of fused-ring (bicyclic) bond motifs is 1. The first-order chi connectivity index (χ1) is 18.8. The average Bonchev–Trinajstić information content (AvgIpc) is 3.38. The van der Waals surface area contributed by atoms with Gasteiger partial charge in [0.25, 0.3) is 11.8 Å². The number of anilines is 1. The molecule has 0 saturated carbocycles. The first kappa shape index (κ1) is 26.4. The van der Waals surface area contributed by atoms with Crippen molar-refractivity contribution in [2.45, 2.75) is 25.2 Å². The van der Waals surface area contributed by atoms with E-state index in [1.807, 2.05) is 58.2 Å². The molecule has 202 valence electrons. The SMILES string of the molecule is CS(=O)(=O)NC(=O)c1cnn2c(NCCc3ccccc3)c(C(=O)N3CCC(c4ccccc4)CC3)cnc12. The van der Waals surface area contributed by atoms with Gasteiger partial charge in [0.2, 0.25) is 10.0 Å². The summed E-state index contributed by atoms with van der Waals surface area (Å²) in [4.78, 5) is 32.5. The summed E-state index contributed by atoms with van der Waals surface area (Å²) >= 11 is 0. The fourth-order valence-corrected chi connectivity index (χ4v) is 5.37. The fraction of sp³-hybridized carbons (Fsp3) is 0.286. The molecular formula is C28H30N6O4S. The molecule has 1 aliphatic rings. The van der Waals surface area contributed by atoms with Crippen molar-refractivity contribution >= 4 is 33.3 Å². The van der Waals surface area contributed by atoms with Crippen LogP contribution in [0.25, 0.3) is 5.65 Å². The van der Waals surface area contributed by atoms with Crippen LogP contribution < -0.4 is 10.0 Å². The Kier molecular flexibility index (Phi) is 7.60. The molecule has 5 rings (SSSR count). The Hall–Kier alpha value is -4.25. The molecular weight excluding hydrogens is 516 g/mol. The molecule has 2 aromatic carbocycles. The van der Waals surface area contributed by atoms with E-state index in [2.05, 4.69) is 27.5 Å². The first-order valence-corrected chi connectivity index (χ1v) is 14.7. The molecule has 4 aromatic rings. The minimum atomic E-state index is -3.77. The monoisotopic (exact) mass is 546 g/mol. The number of carbonyl (C=O) groups is 2. The zero-order valence-electron chi connectivity index (χ0n) is 21.6. The third-order valence-electron chi connectivity index (χ3n) is 6.88. The van der Waals surface area contributed by atoms with Crippen molar-refractivity contribution in [1.29, 1.82) is 0 Å². The van der Waals surface area contributed by atoms with Crippen molar-refractivity contribution in [1.82, 2.24) is 24.2 Å². The summed E-state index contributed by atoms with van der Waals surface area (Å²) in [6, 6.07) is 20.3. The number of amides is 2. The van der Waals surface area contributed by atoms with Crippen LogP contribution in [-0.2, 0) is 16.4 Å². The zero-order chi connectivity index (χ0) is 27.4. The molecule has 0 bridgehead atoms. The maximum Gasteiger partial charge on any atom is 0.270 e. The maximum atomic E-state index is 13.7. The number of likely N-dealkylation sites (tertiary alicyclic amines) is 1. The van der Waals surface area contributed by atoms with Crippen molar-refractivity contribution in [3.63, 3.8) is 0 Å². The Labute approximate surface area is 227 Å². The van der Waals surface area contributed by atoms with Gasteiger partial charge in [-0.05, 0) is 36.3 Å². The second-order valence-corrected chi connectivity index (χ2v) is 11.4. The lowest BCUT2D eigenvalue weighted by atomic mass is 9.89. The second kappa shape index (κ2) is 11.2. The van der Waals surface area contributed by atoms with Crippen molar-refractivity contribution in [3.05, 3.63) is 95.3 Å². The molecule has 2 N–H and O–H groups in total. The van der Waals surface area contributed by atoms with Gasteiger partial charge in [-0.15, -0.1) is 0 Å². The van der Waals surface area contributed by atoms with Crippen LogP contribution in [0.2, 0.25) is 0 Å². The normalized spacial score (nSPS) is 14.3. The van der Waals surface area contributed by atoms with Crippen LogP contribution in [-0.4, -0.2) is 65.6 Å². The van der Waals surface area contributed by atoms with Crippen molar-refractivity contribution in [3.8, 4) is 0 Å². The van der Waals surface area contributed by atoms with Gasteiger partial charge in [-0.2, -0.15) is 9.61 Å². The molecule has 3 heterocycles. The highest BCUT2D eigenvalue weighted by Crippen LogP contribution is 2.29. The summed E-state index contributed by atoms with van der Waals surface area (Å²) in [6.07, 6.45) is 6.01. The number of sulfonamides is 1. The van der Waals surface area contributed by atoms with Crippen LogP contribution in [0.1, 0.15) is 50.6 Å². The van der Waals surface area contributed by atoms with E-state index in [-0.39, 0.29) is 17.1 Å². The molecule has 0 radical (unpaired) electrons. The molecule has 11 heteroatoms. The van der Waals surface area contributed by atoms with Crippen LogP contribution in [0.4, 0.5) is 5.82 Å². The number of benzene rings is 2. The van der Waals surface area contributed by atoms with E-state index < -0.39 is 15.9 Å². The third-order valence-corrected chi connectivity index (χ3v) is 7.44. The van der Waals surface area contributed by atoms with Crippen LogP contribution in [0.15, 0.2) is 73.1 Å². The van der Waals surface area contributed by atoms with E-state index in [0.717, 1.165) is 24.7 Å². The summed E-state index contributed by atoms with van der Waals surface area (Å²) in [5.41, 5.74) is 2.89. The average molecular weight is 547 g/mol. The van der Waals surface area contributed by atoms with E-state index in [4.69, 9.17) is 0 Å². The molecule has 0 aliphatic carbocycles. The predicted octanol–water partition coefficient (Wildman–Crippen LogP) is 3.09. The van der Waals surface area contributed by atoms with Gasteiger partial charge >= 0.3 is 0 Å². The standard InChI is InChI=1S/C28H30N6O4S/c1-39(37,38)32-27(35)23-19-31-34-25(23)30-18-24(26(34)29-15-12-20-8-4-2-5-9-20)28(36)33-16-13-22(14-17-33)21-10-6-3-7-11-21/h2-11,18-19,22,29H,12-17H2,1H3,(H,32,35). The minimum Gasteiger partial charge on any atom is -0.369 e. The summed E-state index contributed by atoms with van der Waals surface area (Å²) in [7, 11) is -3.77. The van der Waals surface area contributed by atoms with E-state index in [1.54, 1.807) is 0 Å². The number of nitrogens with one attached hydrogen (secondary N) is 2. The number of hydrogen-bond acceptors (Lipinski definition) is 7. The molecule has 1 saturated heterocycles. The Bertz CT molecular complexity index is 1580. The van der Waals surface area contributed by atoms with Crippen molar-refractivity contribution in [2.24, 2.45) is 0 Å². The molecule has 10 nitrogen and oxygen atoms in total. The van der Waals surface area contributed by atoms with E-state index in [1.165, 1.54) is 22.5 Å². The highest BCUT2D eigenvalue weighted by molar-refractivity contribution is 7.89. The molecule has 0 atom stereocenters. The zero-order valence-corrected chi connectivity index (χ0v) is 22.4. The van der Waals surface area contributed by atoms with Gasteiger partial charge in [-0.1, -0.05) is 60.7 Å². The summed E-state index contributed by atoms with van der Waals surface area (Å²) in [5, 5.41) is 7.62. The minimum absolute atomic E-state index is 0.00536. The Balaban J connectivity index is 1.41. The lowest BCUT2D eigenvalue weighted by molar-refractivity contribution is 0.0713. The van der Waals surface area contributed by atoms with Gasteiger partial charge in [0, 0.05) is 25.8 Å². The highest BCUT2D eigenvalue weighted by Gasteiger charge is 2.28. The molecule has 1 fully saturated rings. The molecule has 0 unspecified atom stereocenters. The van der Waals surface area contributed by atoms with Crippen LogP contribution in [0.5, 0.6) is 0 Å². The predicted molar refractivity (Wildman–Crippen MR) is 148 cm³/mol. The lowest BCUT2D eigenvalue weighted by Crippen LogP contribution is -2.38. The quantitative estimate of drug-likeness (QED) is 0.348. The van der Waals surface area contributed by atoms with Crippen molar-refractivity contribution in [2.75, 3.05) is 31.2 Å². The van der Waals surface area contributed by atoms with Gasteiger partial charge in [0.1, 0.15) is 16.9 Å². The molecule has 2 aromatic heterocycles. The number of piperidine rings is 1. The number of nitrogens with zero attached hydrogens (tertiary/aromatic N) is 4. The number of rotatable bonds is 8. The smallest absolute Gasteiger partial charge is 0.270 e. The van der Waals surface area contributed by atoms with Crippen LogP contribution >= 0.6 is 0 Å². The Morgan fingerprint density at radius 3 is 2.28 bits per heavy atom. The summed E-state index contributed by atoms with van der Waals surface area (Å²) < 4.78 is 26.6. The van der Waals surface area contributed by atoms with Gasteiger partial charge in [-0.25, -0.2) is 18.1 Å². The Morgan fingerprint density at radius 2 is 1.62 bits per heavy atom. The maximum absolute atomic E-state index is 13.7.